The topological polar surface area (TPSA) is 66.5 Å². The zero-order valence-electron chi connectivity index (χ0n) is 14.8. The van der Waals surface area contributed by atoms with E-state index >= 15 is 0 Å². The number of halogens is 3. The summed E-state index contributed by atoms with van der Waals surface area (Å²) in [6, 6.07) is 2.49. The number of sulfonamides is 1. The van der Waals surface area contributed by atoms with Gasteiger partial charge in [0.25, 0.3) is 0 Å². The van der Waals surface area contributed by atoms with Crippen LogP contribution in [0, 0.1) is 5.92 Å². The van der Waals surface area contributed by atoms with Gasteiger partial charge in [-0.15, -0.1) is 0 Å². The van der Waals surface area contributed by atoms with Gasteiger partial charge in [-0.3, -0.25) is 9.10 Å². The second kappa shape index (κ2) is 7.63. The van der Waals surface area contributed by atoms with E-state index in [1.807, 2.05) is 13.8 Å². The molecule has 0 aliphatic rings. The molecule has 0 radical (unpaired) electrons. The first-order valence-electron chi connectivity index (χ1n) is 7.72. The first-order chi connectivity index (χ1) is 11.2. The van der Waals surface area contributed by atoms with Gasteiger partial charge < -0.3 is 5.32 Å². The minimum absolute atomic E-state index is 0.122. The van der Waals surface area contributed by atoms with Crippen molar-refractivity contribution in [3.8, 4) is 0 Å². The Labute approximate surface area is 146 Å². The van der Waals surface area contributed by atoms with Crippen LogP contribution in [0.1, 0.15) is 33.3 Å². The fourth-order valence-corrected chi connectivity index (χ4v) is 3.31. The molecule has 0 saturated heterocycles. The van der Waals surface area contributed by atoms with Crippen LogP contribution < -0.4 is 9.62 Å². The third kappa shape index (κ3) is 5.62. The SMILES string of the molecule is CC(C)[C@H](C)NC(=O)[C@H](C)N(c1cccc(C(F)(F)F)c1)S(C)(=O)=O. The van der Waals surface area contributed by atoms with Gasteiger partial charge in [-0.25, -0.2) is 8.42 Å². The minimum Gasteiger partial charge on any atom is -0.352 e. The van der Waals surface area contributed by atoms with Crippen LogP contribution in [0.4, 0.5) is 18.9 Å². The number of benzene rings is 1. The van der Waals surface area contributed by atoms with E-state index < -0.39 is 33.7 Å². The average Bonchev–Trinajstić information content (AvgIpc) is 2.45. The van der Waals surface area contributed by atoms with Gasteiger partial charge in [0.2, 0.25) is 15.9 Å². The summed E-state index contributed by atoms with van der Waals surface area (Å²) in [6.07, 6.45) is -3.76. The lowest BCUT2D eigenvalue weighted by molar-refractivity contribution is -0.137. The molecule has 0 spiro atoms. The predicted molar refractivity (Wildman–Crippen MR) is 90.7 cm³/mol. The number of hydrogen-bond donors (Lipinski definition) is 1. The van der Waals surface area contributed by atoms with Crippen molar-refractivity contribution in [3.63, 3.8) is 0 Å². The van der Waals surface area contributed by atoms with Gasteiger partial charge in [0.05, 0.1) is 17.5 Å². The van der Waals surface area contributed by atoms with Crippen LogP contribution in [0.15, 0.2) is 24.3 Å². The number of carbonyl (C=O) groups is 1. The maximum atomic E-state index is 12.9. The molecule has 0 bridgehead atoms. The summed E-state index contributed by atoms with van der Waals surface area (Å²) >= 11 is 0. The zero-order valence-corrected chi connectivity index (χ0v) is 15.6. The maximum Gasteiger partial charge on any atom is 0.416 e. The molecule has 0 fully saturated rings. The highest BCUT2D eigenvalue weighted by molar-refractivity contribution is 7.92. The van der Waals surface area contributed by atoms with Crippen molar-refractivity contribution >= 4 is 21.6 Å². The van der Waals surface area contributed by atoms with E-state index in [9.17, 15) is 26.4 Å². The number of carbonyl (C=O) groups excluding carboxylic acids is 1. The number of nitrogens with one attached hydrogen (secondary N) is 1. The Bertz CT molecular complexity index is 718. The smallest absolute Gasteiger partial charge is 0.352 e. The van der Waals surface area contributed by atoms with Gasteiger partial charge in [0.15, 0.2) is 0 Å². The van der Waals surface area contributed by atoms with Crippen LogP contribution in [0.3, 0.4) is 0 Å². The number of amides is 1. The van der Waals surface area contributed by atoms with Crippen LogP contribution in [-0.4, -0.2) is 32.7 Å². The summed E-state index contributed by atoms with van der Waals surface area (Å²) in [5.41, 5.74) is -1.20. The summed E-state index contributed by atoms with van der Waals surface area (Å²) in [5, 5.41) is 2.68. The lowest BCUT2D eigenvalue weighted by Gasteiger charge is -2.30. The van der Waals surface area contributed by atoms with E-state index in [0.717, 1.165) is 24.5 Å². The Morgan fingerprint density at radius 2 is 1.72 bits per heavy atom. The monoisotopic (exact) mass is 380 g/mol. The quantitative estimate of drug-likeness (QED) is 0.825. The van der Waals surface area contributed by atoms with Gasteiger partial charge >= 0.3 is 6.18 Å². The molecule has 1 N–H and O–H groups in total. The van der Waals surface area contributed by atoms with Crippen LogP contribution >= 0.6 is 0 Å². The second-order valence-electron chi connectivity index (χ2n) is 6.32. The zero-order chi connectivity index (χ0) is 19.6. The summed E-state index contributed by atoms with van der Waals surface area (Å²) < 4.78 is 63.6. The first-order valence-corrected chi connectivity index (χ1v) is 9.57. The number of alkyl halides is 3. The molecule has 142 valence electrons. The average molecular weight is 380 g/mol. The second-order valence-corrected chi connectivity index (χ2v) is 8.18. The highest BCUT2D eigenvalue weighted by Gasteiger charge is 2.34. The molecule has 0 aliphatic carbocycles. The molecule has 2 atom stereocenters. The Hall–Kier alpha value is -1.77. The normalized spacial score (nSPS) is 14.9. The Balaban J connectivity index is 3.26. The summed E-state index contributed by atoms with van der Waals surface area (Å²) in [6.45, 7) is 6.88. The van der Waals surface area contributed by atoms with Gasteiger partial charge in [-0.2, -0.15) is 13.2 Å². The van der Waals surface area contributed by atoms with E-state index in [0.29, 0.717) is 4.31 Å². The van der Waals surface area contributed by atoms with Crippen LogP contribution in [0.5, 0.6) is 0 Å². The Morgan fingerprint density at radius 3 is 2.16 bits per heavy atom. The van der Waals surface area contributed by atoms with Crippen molar-refractivity contribution in [1.82, 2.24) is 5.32 Å². The Kier molecular flexibility index (Phi) is 6.50. The van der Waals surface area contributed by atoms with Gasteiger partial charge in [-0.1, -0.05) is 19.9 Å². The molecule has 1 aromatic carbocycles. The lowest BCUT2D eigenvalue weighted by Crippen LogP contribution is -2.50. The van der Waals surface area contributed by atoms with Crippen LogP contribution in [0.2, 0.25) is 0 Å². The van der Waals surface area contributed by atoms with Crippen LogP contribution in [-0.2, 0) is 21.0 Å². The highest BCUT2D eigenvalue weighted by atomic mass is 32.2. The molecule has 0 unspecified atom stereocenters. The highest BCUT2D eigenvalue weighted by Crippen LogP contribution is 2.32. The number of anilines is 1. The predicted octanol–water partition coefficient (Wildman–Crippen LogP) is 3.02. The molecule has 25 heavy (non-hydrogen) atoms. The molecule has 1 aromatic rings. The van der Waals surface area contributed by atoms with Crippen LogP contribution in [0.25, 0.3) is 0 Å². The van der Waals surface area contributed by atoms with E-state index in [-0.39, 0.29) is 17.6 Å². The molecule has 1 amide bonds. The summed E-state index contributed by atoms with van der Waals surface area (Å²) in [4.78, 5) is 12.4. The molecule has 1 rings (SSSR count). The molecule has 0 saturated carbocycles. The van der Waals surface area contributed by atoms with Crippen molar-refractivity contribution in [2.75, 3.05) is 10.6 Å². The minimum atomic E-state index is -4.61. The summed E-state index contributed by atoms with van der Waals surface area (Å²) in [5.74, 6) is -0.458. The van der Waals surface area contributed by atoms with E-state index in [1.165, 1.54) is 13.0 Å². The molecule has 0 aromatic heterocycles. The molecule has 0 aliphatic heterocycles. The van der Waals surface area contributed by atoms with Crippen molar-refractivity contribution in [3.05, 3.63) is 29.8 Å². The van der Waals surface area contributed by atoms with Gasteiger partial charge in [0.1, 0.15) is 6.04 Å². The van der Waals surface area contributed by atoms with Crippen molar-refractivity contribution in [2.45, 2.75) is 46.0 Å². The van der Waals surface area contributed by atoms with Crippen molar-refractivity contribution < 1.29 is 26.4 Å². The molecule has 5 nitrogen and oxygen atoms in total. The lowest BCUT2D eigenvalue weighted by atomic mass is 10.1. The summed E-state index contributed by atoms with van der Waals surface area (Å²) in [7, 11) is -3.98. The number of hydrogen-bond acceptors (Lipinski definition) is 3. The van der Waals surface area contributed by atoms with Gasteiger partial charge in [0, 0.05) is 6.04 Å². The van der Waals surface area contributed by atoms with E-state index in [1.54, 1.807) is 6.92 Å². The van der Waals surface area contributed by atoms with Gasteiger partial charge in [-0.05, 0) is 38.0 Å². The van der Waals surface area contributed by atoms with E-state index in [2.05, 4.69) is 5.32 Å². The molecular weight excluding hydrogens is 357 g/mol. The maximum absolute atomic E-state index is 12.9. The number of nitrogens with zero attached hydrogens (tertiary/aromatic N) is 1. The molecule has 9 heteroatoms. The van der Waals surface area contributed by atoms with E-state index in [4.69, 9.17) is 0 Å². The fourth-order valence-electron chi connectivity index (χ4n) is 2.14. The fraction of sp³-hybridized carbons (Fsp3) is 0.562. The largest absolute Gasteiger partial charge is 0.416 e. The Morgan fingerprint density at radius 1 is 1.16 bits per heavy atom. The molecule has 0 heterocycles. The van der Waals surface area contributed by atoms with Crippen molar-refractivity contribution in [2.24, 2.45) is 5.92 Å². The standard InChI is InChI=1S/C16H23F3N2O3S/c1-10(2)11(3)20-15(22)12(4)21(25(5,23)24)14-8-6-7-13(9-14)16(17,18)19/h6-12H,1-5H3,(H,20,22)/t11-,12-/m0/s1. The first kappa shape index (κ1) is 21.3. The molecular formula is C16H23F3N2O3S. The van der Waals surface area contributed by atoms with Crippen molar-refractivity contribution in [1.29, 1.82) is 0 Å². The third-order valence-corrected chi connectivity index (χ3v) is 5.13. The third-order valence-electron chi connectivity index (χ3n) is 3.89. The number of rotatable bonds is 6.